The number of halogens is 1. The number of methoxy groups -OCH3 is 1. The molecule has 0 aromatic heterocycles. The van der Waals surface area contributed by atoms with Gasteiger partial charge in [-0.15, -0.1) is 0 Å². The molecular formula is C15H24BrNO. The van der Waals surface area contributed by atoms with Gasteiger partial charge in [0.1, 0.15) is 5.75 Å². The van der Waals surface area contributed by atoms with Crippen LogP contribution >= 0.6 is 15.9 Å². The molecule has 0 fully saturated rings. The standard InChI is InChI=1S/C15H24BrNO/c1-5-17-12(3)8-11(2)9-13-6-7-15(18-4)14(16)10-13/h6-7,10-12,17H,5,8-9H2,1-4H3. The van der Waals surface area contributed by atoms with Crippen molar-refractivity contribution in [1.82, 2.24) is 5.32 Å². The zero-order valence-corrected chi connectivity index (χ0v) is 13.4. The molecule has 2 unspecified atom stereocenters. The van der Waals surface area contributed by atoms with E-state index in [2.05, 4.69) is 54.2 Å². The van der Waals surface area contributed by atoms with E-state index in [0.717, 1.165) is 23.2 Å². The second kappa shape index (κ2) is 7.80. The molecule has 0 radical (unpaired) electrons. The Morgan fingerprint density at radius 3 is 2.61 bits per heavy atom. The molecule has 0 aliphatic carbocycles. The van der Waals surface area contributed by atoms with E-state index in [1.165, 1.54) is 12.0 Å². The van der Waals surface area contributed by atoms with Crippen LogP contribution in [0.3, 0.4) is 0 Å². The molecule has 0 saturated carbocycles. The van der Waals surface area contributed by atoms with Crippen LogP contribution in [0.15, 0.2) is 22.7 Å². The quantitative estimate of drug-likeness (QED) is 0.820. The Hall–Kier alpha value is -0.540. The number of benzene rings is 1. The highest BCUT2D eigenvalue weighted by molar-refractivity contribution is 9.10. The fourth-order valence-electron chi connectivity index (χ4n) is 2.36. The minimum Gasteiger partial charge on any atom is -0.496 e. The van der Waals surface area contributed by atoms with E-state index in [9.17, 15) is 0 Å². The molecule has 2 atom stereocenters. The minimum absolute atomic E-state index is 0.590. The first kappa shape index (κ1) is 15.5. The van der Waals surface area contributed by atoms with E-state index in [1.807, 2.05) is 6.07 Å². The van der Waals surface area contributed by atoms with Gasteiger partial charge in [-0.3, -0.25) is 0 Å². The molecule has 0 bridgehead atoms. The Morgan fingerprint density at radius 2 is 2.06 bits per heavy atom. The van der Waals surface area contributed by atoms with Gasteiger partial charge >= 0.3 is 0 Å². The molecule has 1 aromatic rings. The number of rotatable bonds is 7. The van der Waals surface area contributed by atoms with Crippen molar-refractivity contribution >= 4 is 15.9 Å². The van der Waals surface area contributed by atoms with E-state index in [-0.39, 0.29) is 0 Å². The number of nitrogens with one attached hydrogen (secondary N) is 1. The van der Waals surface area contributed by atoms with Crippen LogP contribution in [0.5, 0.6) is 5.75 Å². The summed E-state index contributed by atoms with van der Waals surface area (Å²) in [5.74, 6) is 1.58. The van der Waals surface area contributed by atoms with E-state index >= 15 is 0 Å². The molecule has 1 aromatic carbocycles. The van der Waals surface area contributed by atoms with Gasteiger partial charge in [0.25, 0.3) is 0 Å². The predicted octanol–water partition coefficient (Wildman–Crippen LogP) is 4.02. The first-order valence-electron chi connectivity index (χ1n) is 6.62. The molecule has 0 saturated heterocycles. The van der Waals surface area contributed by atoms with Gasteiger partial charge in [-0.1, -0.05) is 19.9 Å². The van der Waals surface area contributed by atoms with Crippen LogP contribution in [-0.2, 0) is 6.42 Å². The molecule has 1 rings (SSSR count). The lowest BCUT2D eigenvalue weighted by Gasteiger charge is -2.18. The Kier molecular flexibility index (Phi) is 6.72. The summed E-state index contributed by atoms with van der Waals surface area (Å²) in [6.45, 7) is 7.76. The summed E-state index contributed by atoms with van der Waals surface area (Å²) in [5, 5.41) is 3.46. The maximum absolute atomic E-state index is 5.24. The summed E-state index contributed by atoms with van der Waals surface area (Å²) < 4.78 is 6.28. The average Bonchev–Trinajstić information content (AvgIpc) is 2.29. The second-order valence-corrected chi connectivity index (χ2v) is 5.83. The molecule has 1 N–H and O–H groups in total. The normalized spacial score (nSPS) is 14.3. The highest BCUT2D eigenvalue weighted by Gasteiger charge is 2.10. The van der Waals surface area contributed by atoms with Gasteiger partial charge in [-0.05, 0) is 65.9 Å². The van der Waals surface area contributed by atoms with E-state index in [1.54, 1.807) is 7.11 Å². The molecule has 0 aliphatic rings. The summed E-state index contributed by atoms with van der Waals surface area (Å²) >= 11 is 3.54. The largest absolute Gasteiger partial charge is 0.496 e. The van der Waals surface area contributed by atoms with Gasteiger partial charge < -0.3 is 10.1 Å². The van der Waals surface area contributed by atoms with Crippen molar-refractivity contribution in [3.63, 3.8) is 0 Å². The summed E-state index contributed by atoms with van der Waals surface area (Å²) in [6.07, 6.45) is 2.32. The highest BCUT2D eigenvalue weighted by Crippen LogP contribution is 2.27. The predicted molar refractivity (Wildman–Crippen MR) is 81.3 cm³/mol. The molecular weight excluding hydrogens is 290 g/mol. The monoisotopic (exact) mass is 313 g/mol. The molecule has 3 heteroatoms. The summed E-state index contributed by atoms with van der Waals surface area (Å²) in [7, 11) is 1.69. The Balaban J connectivity index is 2.54. The maximum atomic E-state index is 5.24. The van der Waals surface area contributed by atoms with Crippen LogP contribution in [0.25, 0.3) is 0 Å². The molecule has 0 aliphatic heterocycles. The van der Waals surface area contributed by atoms with Crippen molar-refractivity contribution < 1.29 is 4.74 Å². The second-order valence-electron chi connectivity index (χ2n) is 4.97. The number of hydrogen-bond donors (Lipinski definition) is 1. The van der Waals surface area contributed by atoms with Crippen molar-refractivity contribution in [2.45, 2.75) is 39.7 Å². The van der Waals surface area contributed by atoms with E-state index in [0.29, 0.717) is 12.0 Å². The lowest BCUT2D eigenvalue weighted by Crippen LogP contribution is -2.27. The van der Waals surface area contributed by atoms with Crippen LogP contribution in [0.4, 0.5) is 0 Å². The summed E-state index contributed by atoms with van der Waals surface area (Å²) in [4.78, 5) is 0. The Bertz CT molecular complexity index is 368. The van der Waals surface area contributed by atoms with Crippen LogP contribution in [0.1, 0.15) is 32.8 Å². The van der Waals surface area contributed by atoms with Crippen LogP contribution in [-0.4, -0.2) is 19.7 Å². The molecule has 0 heterocycles. The van der Waals surface area contributed by atoms with Crippen molar-refractivity contribution in [2.75, 3.05) is 13.7 Å². The Labute approximate surface area is 119 Å². The van der Waals surface area contributed by atoms with Gasteiger partial charge in [-0.2, -0.15) is 0 Å². The summed E-state index contributed by atoms with van der Waals surface area (Å²) in [5.41, 5.74) is 1.36. The zero-order valence-electron chi connectivity index (χ0n) is 11.8. The third kappa shape index (κ3) is 4.99. The Morgan fingerprint density at radius 1 is 1.33 bits per heavy atom. The first-order chi connectivity index (χ1) is 8.56. The molecule has 102 valence electrons. The lowest BCUT2D eigenvalue weighted by molar-refractivity contribution is 0.410. The van der Waals surface area contributed by atoms with Gasteiger partial charge in [-0.25, -0.2) is 0 Å². The van der Waals surface area contributed by atoms with E-state index in [4.69, 9.17) is 4.74 Å². The number of ether oxygens (including phenoxy) is 1. The first-order valence-corrected chi connectivity index (χ1v) is 7.41. The molecule has 2 nitrogen and oxygen atoms in total. The summed E-state index contributed by atoms with van der Waals surface area (Å²) in [6, 6.07) is 6.93. The van der Waals surface area contributed by atoms with Crippen molar-refractivity contribution in [3.8, 4) is 5.75 Å². The highest BCUT2D eigenvalue weighted by atomic mass is 79.9. The van der Waals surface area contributed by atoms with Gasteiger partial charge in [0, 0.05) is 6.04 Å². The van der Waals surface area contributed by atoms with Gasteiger partial charge in [0.05, 0.1) is 11.6 Å². The van der Waals surface area contributed by atoms with Crippen molar-refractivity contribution in [1.29, 1.82) is 0 Å². The zero-order chi connectivity index (χ0) is 13.5. The lowest BCUT2D eigenvalue weighted by atomic mass is 9.95. The van der Waals surface area contributed by atoms with Gasteiger partial charge in [0.15, 0.2) is 0 Å². The van der Waals surface area contributed by atoms with Crippen LogP contribution in [0, 0.1) is 5.92 Å². The van der Waals surface area contributed by atoms with Crippen molar-refractivity contribution in [3.05, 3.63) is 28.2 Å². The maximum Gasteiger partial charge on any atom is 0.133 e. The van der Waals surface area contributed by atoms with Crippen LogP contribution < -0.4 is 10.1 Å². The van der Waals surface area contributed by atoms with Crippen molar-refractivity contribution in [2.24, 2.45) is 5.92 Å². The molecule has 0 amide bonds. The smallest absolute Gasteiger partial charge is 0.133 e. The third-order valence-electron chi connectivity index (χ3n) is 3.11. The molecule has 0 spiro atoms. The average molecular weight is 314 g/mol. The third-order valence-corrected chi connectivity index (χ3v) is 3.73. The van der Waals surface area contributed by atoms with Gasteiger partial charge in [0.2, 0.25) is 0 Å². The fourth-order valence-corrected chi connectivity index (χ4v) is 2.95. The molecule has 18 heavy (non-hydrogen) atoms. The fraction of sp³-hybridized carbons (Fsp3) is 0.600. The van der Waals surface area contributed by atoms with E-state index < -0.39 is 0 Å². The number of hydrogen-bond acceptors (Lipinski definition) is 2. The minimum atomic E-state index is 0.590. The van der Waals surface area contributed by atoms with Crippen LogP contribution in [0.2, 0.25) is 0 Å². The topological polar surface area (TPSA) is 21.3 Å². The SMILES string of the molecule is CCNC(C)CC(C)Cc1ccc(OC)c(Br)c1.